The highest BCUT2D eigenvalue weighted by molar-refractivity contribution is 5.58. The van der Waals surface area contributed by atoms with Crippen molar-refractivity contribution < 1.29 is 19.4 Å². The van der Waals surface area contributed by atoms with E-state index in [4.69, 9.17) is 9.84 Å². The van der Waals surface area contributed by atoms with Crippen LogP contribution in [0, 0.1) is 0 Å². The fourth-order valence-corrected chi connectivity index (χ4v) is 3.32. The molecule has 2 aliphatic carbocycles. The van der Waals surface area contributed by atoms with Crippen molar-refractivity contribution in [3.8, 4) is 0 Å². The van der Waals surface area contributed by atoms with Crippen molar-refractivity contribution in [3.05, 3.63) is 11.6 Å². The first-order chi connectivity index (χ1) is 12.3. The summed E-state index contributed by atoms with van der Waals surface area (Å²) in [5, 5.41) is 8.34. The van der Waals surface area contributed by atoms with Gasteiger partial charge >= 0.3 is 6.16 Å². The molecular weight excluding hydrogens is 328 g/mol. The predicted molar refractivity (Wildman–Crippen MR) is 109 cm³/mol. The zero-order valence-electron chi connectivity index (χ0n) is 18.0. The van der Waals surface area contributed by atoms with Gasteiger partial charge in [-0.2, -0.15) is 0 Å². The zero-order chi connectivity index (χ0) is 20.0. The van der Waals surface area contributed by atoms with Crippen LogP contribution in [0.1, 0.15) is 106 Å². The van der Waals surface area contributed by atoms with Crippen LogP contribution in [-0.2, 0) is 9.47 Å². The Balaban J connectivity index is 0.000000446. The molecule has 2 saturated carbocycles. The van der Waals surface area contributed by atoms with Crippen LogP contribution in [0.5, 0.6) is 0 Å². The molecule has 2 fully saturated rings. The second-order valence-corrected chi connectivity index (χ2v) is 7.51. The van der Waals surface area contributed by atoms with Gasteiger partial charge in [-0.25, -0.2) is 4.79 Å². The highest BCUT2D eigenvalue weighted by atomic mass is 16.7. The lowest BCUT2D eigenvalue weighted by Gasteiger charge is -2.29. The van der Waals surface area contributed by atoms with Gasteiger partial charge in [0.15, 0.2) is 0 Å². The van der Waals surface area contributed by atoms with Crippen LogP contribution < -0.4 is 0 Å². The molecule has 0 spiro atoms. The summed E-state index contributed by atoms with van der Waals surface area (Å²) in [4.78, 5) is 10.2. The molecule has 0 aromatic rings. The van der Waals surface area contributed by atoms with E-state index in [0.717, 1.165) is 5.57 Å². The smallest absolute Gasteiger partial charge is 0.450 e. The molecule has 0 aliphatic heterocycles. The Morgan fingerprint density at radius 3 is 1.62 bits per heavy atom. The average molecular weight is 371 g/mol. The molecule has 2 aliphatic rings. The first-order valence-electron chi connectivity index (χ1n) is 10.6. The summed E-state index contributed by atoms with van der Waals surface area (Å²) in [7, 11) is 0. The van der Waals surface area contributed by atoms with E-state index in [1.54, 1.807) is 13.8 Å². The van der Waals surface area contributed by atoms with Crippen LogP contribution in [0.3, 0.4) is 0 Å². The van der Waals surface area contributed by atoms with Gasteiger partial charge < -0.3 is 14.6 Å². The van der Waals surface area contributed by atoms with Gasteiger partial charge in [-0.3, -0.25) is 0 Å². The van der Waals surface area contributed by atoms with Crippen LogP contribution in [0.2, 0.25) is 0 Å². The van der Waals surface area contributed by atoms with E-state index in [1.165, 1.54) is 64.2 Å². The van der Waals surface area contributed by atoms with E-state index >= 15 is 0 Å². The van der Waals surface area contributed by atoms with Gasteiger partial charge in [0.1, 0.15) is 5.60 Å². The highest BCUT2D eigenvalue weighted by Gasteiger charge is 2.23. The van der Waals surface area contributed by atoms with Crippen LogP contribution in [0.15, 0.2) is 11.6 Å². The fourth-order valence-electron chi connectivity index (χ4n) is 3.32. The second-order valence-electron chi connectivity index (χ2n) is 7.51. The molecule has 0 aromatic carbocycles. The molecule has 154 valence electrons. The first kappa shape index (κ1) is 25.0. The Labute approximate surface area is 161 Å². The number of allylic oxidation sites excluding steroid dienone is 1. The van der Waals surface area contributed by atoms with Crippen molar-refractivity contribution in [2.75, 3.05) is 0 Å². The second kappa shape index (κ2) is 14.1. The number of rotatable bonds is 4. The molecule has 4 heteroatoms. The molecule has 0 heterocycles. The topological polar surface area (TPSA) is 55.8 Å². The third-order valence-corrected chi connectivity index (χ3v) is 5.21. The van der Waals surface area contributed by atoms with Gasteiger partial charge in [-0.15, -0.1) is 0 Å². The molecule has 0 bridgehead atoms. The lowest BCUT2D eigenvalue weighted by Crippen LogP contribution is -2.28. The summed E-state index contributed by atoms with van der Waals surface area (Å²) in [5.74, 6) is 0. The molecule has 0 aromatic heterocycles. The summed E-state index contributed by atoms with van der Waals surface area (Å²) in [6.45, 7) is 11.1. The summed E-state index contributed by atoms with van der Waals surface area (Å²) < 4.78 is 10.8. The molecule has 2 rings (SSSR count). The van der Waals surface area contributed by atoms with Crippen molar-refractivity contribution in [1.29, 1.82) is 0 Å². The maximum atomic E-state index is 10.2. The summed E-state index contributed by atoms with van der Waals surface area (Å²) in [6.07, 6.45) is 15.6. The lowest BCUT2D eigenvalue weighted by atomic mass is 9.95. The van der Waals surface area contributed by atoms with Crippen molar-refractivity contribution >= 4 is 6.16 Å². The molecule has 26 heavy (non-hydrogen) atoms. The van der Waals surface area contributed by atoms with E-state index in [-0.39, 0.29) is 0 Å². The quantitative estimate of drug-likeness (QED) is 0.423. The molecule has 4 nitrogen and oxygen atoms in total. The number of hydrogen-bond acceptors (Lipinski definition) is 3. The van der Waals surface area contributed by atoms with Crippen molar-refractivity contribution in [2.24, 2.45) is 0 Å². The summed E-state index contributed by atoms with van der Waals surface area (Å²) in [6, 6.07) is 0. The Morgan fingerprint density at radius 2 is 1.31 bits per heavy atom. The van der Waals surface area contributed by atoms with E-state index < -0.39 is 11.8 Å². The molecular formula is C22H42O4. The minimum Gasteiger partial charge on any atom is -0.450 e. The number of carbonyl (C=O) groups is 1. The van der Waals surface area contributed by atoms with Gasteiger partial charge in [-0.05, 0) is 59.0 Å². The average Bonchev–Trinajstić information content (AvgIpc) is 2.64. The molecule has 1 N–H and O–H groups in total. The normalized spacial score (nSPS) is 19.5. The Bertz CT molecular complexity index is 373. The van der Waals surface area contributed by atoms with Crippen LogP contribution >= 0.6 is 0 Å². The van der Waals surface area contributed by atoms with Gasteiger partial charge in [0.05, 0.1) is 12.2 Å². The maximum Gasteiger partial charge on any atom is 0.506 e. The summed E-state index contributed by atoms with van der Waals surface area (Å²) in [5.41, 5.74) is 0.195. The maximum absolute atomic E-state index is 10.2. The van der Waals surface area contributed by atoms with Gasteiger partial charge in [0.2, 0.25) is 0 Å². The standard InChI is InChI=1S/C12H22O.C8H14O3.C2H6/c1-3-7-11(8-4-1)13-12-9-5-2-6-10-12;1-5-6(2)8(3,4)11-7(9)10;1-2/h11-12H,1-10H2;5H,1-4H3,(H,9,10);1-2H3/b;6-5+;. The minimum atomic E-state index is -1.24. The molecule has 0 unspecified atom stereocenters. The largest absolute Gasteiger partial charge is 0.506 e. The Morgan fingerprint density at radius 1 is 0.923 bits per heavy atom. The fraction of sp³-hybridized carbons (Fsp3) is 0.864. The van der Waals surface area contributed by atoms with E-state index in [1.807, 2.05) is 33.8 Å². The van der Waals surface area contributed by atoms with Crippen molar-refractivity contribution in [1.82, 2.24) is 0 Å². The Hall–Kier alpha value is -1.03. The third-order valence-electron chi connectivity index (χ3n) is 5.21. The summed E-state index contributed by atoms with van der Waals surface area (Å²) >= 11 is 0. The van der Waals surface area contributed by atoms with Crippen molar-refractivity contribution in [2.45, 2.75) is 124 Å². The monoisotopic (exact) mass is 370 g/mol. The van der Waals surface area contributed by atoms with E-state index in [0.29, 0.717) is 12.2 Å². The third kappa shape index (κ3) is 10.8. The van der Waals surface area contributed by atoms with Crippen LogP contribution in [-0.4, -0.2) is 29.1 Å². The van der Waals surface area contributed by atoms with Gasteiger partial charge in [0.25, 0.3) is 0 Å². The molecule has 0 amide bonds. The Kier molecular flexibility index (Phi) is 13.5. The van der Waals surface area contributed by atoms with Crippen LogP contribution in [0.25, 0.3) is 0 Å². The predicted octanol–water partition coefficient (Wildman–Crippen LogP) is 7.12. The zero-order valence-corrected chi connectivity index (χ0v) is 18.0. The number of hydrogen-bond donors (Lipinski definition) is 1. The minimum absolute atomic E-state index is 0.622. The van der Waals surface area contributed by atoms with Gasteiger partial charge in [0, 0.05) is 0 Å². The number of ether oxygens (including phenoxy) is 2. The molecule has 0 atom stereocenters. The lowest BCUT2D eigenvalue weighted by molar-refractivity contribution is -0.0450. The molecule has 0 saturated heterocycles. The SMILES string of the molecule is C/C=C(\C)C(C)(C)OC(=O)O.C1CCC(OC2CCCCC2)CC1.CC. The first-order valence-corrected chi connectivity index (χ1v) is 10.6. The van der Waals surface area contributed by atoms with Crippen LogP contribution in [0.4, 0.5) is 4.79 Å². The van der Waals surface area contributed by atoms with Gasteiger partial charge in [-0.1, -0.05) is 58.4 Å². The van der Waals surface area contributed by atoms with E-state index in [2.05, 4.69) is 4.74 Å². The molecule has 0 radical (unpaired) electrons. The van der Waals surface area contributed by atoms with E-state index in [9.17, 15) is 4.79 Å². The highest BCUT2D eigenvalue weighted by Crippen LogP contribution is 2.27. The number of carboxylic acid groups (broad SMARTS) is 1. The van der Waals surface area contributed by atoms with Crippen molar-refractivity contribution in [3.63, 3.8) is 0 Å².